The van der Waals surface area contributed by atoms with Crippen LogP contribution in [0.25, 0.3) is 10.9 Å². The first-order valence-electron chi connectivity index (χ1n) is 7.35. The molecule has 0 aliphatic heterocycles. The summed E-state index contributed by atoms with van der Waals surface area (Å²) in [7, 11) is 3.30. The Morgan fingerprint density at radius 1 is 1.23 bits per heavy atom. The Labute approximate surface area is 130 Å². The number of nitrogens with one attached hydrogen (secondary N) is 2. The van der Waals surface area contributed by atoms with Crippen LogP contribution in [0.3, 0.4) is 0 Å². The molecule has 2 aromatic rings. The van der Waals surface area contributed by atoms with E-state index in [-0.39, 0.29) is 18.5 Å². The van der Waals surface area contributed by atoms with Gasteiger partial charge >= 0.3 is 6.03 Å². The van der Waals surface area contributed by atoms with Gasteiger partial charge in [0.1, 0.15) is 0 Å². The van der Waals surface area contributed by atoms with Crippen LogP contribution < -0.4 is 10.6 Å². The van der Waals surface area contributed by atoms with Crippen LogP contribution in [0.2, 0.25) is 0 Å². The molecule has 2 N–H and O–H groups in total. The molecule has 0 unspecified atom stereocenters. The fourth-order valence-electron chi connectivity index (χ4n) is 2.19. The average Bonchev–Trinajstić information content (AvgIpc) is 2.88. The summed E-state index contributed by atoms with van der Waals surface area (Å²) in [6.07, 6.45) is 3.10. The number of urea groups is 1. The van der Waals surface area contributed by atoms with Crippen molar-refractivity contribution in [3.63, 3.8) is 0 Å². The van der Waals surface area contributed by atoms with E-state index in [9.17, 15) is 9.59 Å². The number of rotatable bonds is 5. The lowest BCUT2D eigenvalue weighted by atomic mass is 10.2. The number of carbonyl (C=O) groups is 2. The summed E-state index contributed by atoms with van der Waals surface area (Å²) in [5.74, 6) is -0.151. The number of likely N-dealkylation sites (N-methyl/N-ethyl adjacent to an activating group) is 1. The van der Waals surface area contributed by atoms with Gasteiger partial charge in [0.25, 0.3) is 0 Å². The minimum absolute atomic E-state index is 0.0205. The van der Waals surface area contributed by atoms with E-state index in [1.807, 2.05) is 24.4 Å². The molecule has 0 aliphatic carbocycles. The molecule has 2 rings (SSSR count). The van der Waals surface area contributed by atoms with Crippen LogP contribution in [-0.4, -0.2) is 42.0 Å². The highest BCUT2D eigenvalue weighted by atomic mass is 16.2. The molecule has 0 bridgehead atoms. The smallest absolute Gasteiger partial charge is 0.319 e. The number of hydrogen-bond acceptors (Lipinski definition) is 2. The molecule has 3 amide bonds. The topological polar surface area (TPSA) is 66.4 Å². The van der Waals surface area contributed by atoms with Crippen LogP contribution in [0.5, 0.6) is 0 Å². The molecule has 0 saturated heterocycles. The van der Waals surface area contributed by atoms with E-state index in [0.717, 1.165) is 23.9 Å². The van der Waals surface area contributed by atoms with Gasteiger partial charge in [-0.05, 0) is 30.0 Å². The highest BCUT2D eigenvalue weighted by Gasteiger charge is 2.08. The number of fused-ring (bicyclic) bond motifs is 1. The largest absolute Gasteiger partial charge is 0.347 e. The number of benzene rings is 1. The van der Waals surface area contributed by atoms with Gasteiger partial charge in [0.05, 0.1) is 12.1 Å². The Hall–Kier alpha value is -2.50. The van der Waals surface area contributed by atoms with Gasteiger partial charge in [-0.2, -0.15) is 0 Å². The van der Waals surface area contributed by atoms with Gasteiger partial charge in [0.15, 0.2) is 0 Å². The molecule has 1 heterocycles. The van der Waals surface area contributed by atoms with E-state index in [2.05, 4.69) is 28.2 Å². The summed E-state index contributed by atoms with van der Waals surface area (Å²) in [4.78, 5) is 24.7. The lowest BCUT2D eigenvalue weighted by Gasteiger charge is -2.12. The summed E-state index contributed by atoms with van der Waals surface area (Å²) in [6.45, 7) is 3.05. The normalized spacial score (nSPS) is 10.5. The van der Waals surface area contributed by atoms with E-state index in [1.165, 1.54) is 4.90 Å². The number of hydrogen-bond donors (Lipinski definition) is 2. The third-order valence-electron chi connectivity index (χ3n) is 3.40. The van der Waals surface area contributed by atoms with Crippen molar-refractivity contribution in [2.75, 3.05) is 26.0 Å². The van der Waals surface area contributed by atoms with E-state index in [0.29, 0.717) is 5.69 Å². The number of amides is 3. The minimum Gasteiger partial charge on any atom is -0.347 e. The van der Waals surface area contributed by atoms with Gasteiger partial charge in [-0.3, -0.25) is 4.79 Å². The van der Waals surface area contributed by atoms with E-state index in [1.54, 1.807) is 14.1 Å². The van der Waals surface area contributed by atoms with Crippen molar-refractivity contribution in [2.45, 2.75) is 19.9 Å². The first-order valence-corrected chi connectivity index (χ1v) is 7.35. The molecular weight excluding hydrogens is 280 g/mol. The van der Waals surface area contributed by atoms with Crippen LogP contribution >= 0.6 is 0 Å². The quantitative estimate of drug-likeness (QED) is 0.889. The first-order chi connectivity index (χ1) is 10.5. The molecule has 0 aliphatic rings. The van der Waals surface area contributed by atoms with Gasteiger partial charge < -0.3 is 20.1 Å². The molecule has 0 saturated carbocycles. The third kappa shape index (κ3) is 3.78. The second kappa shape index (κ2) is 6.98. The van der Waals surface area contributed by atoms with Crippen molar-refractivity contribution >= 4 is 28.5 Å². The highest BCUT2D eigenvalue weighted by molar-refractivity contribution is 5.94. The molecule has 22 heavy (non-hydrogen) atoms. The summed E-state index contributed by atoms with van der Waals surface area (Å²) in [5.41, 5.74) is 1.79. The highest BCUT2D eigenvalue weighted by Crippen LogP contribution is 2.20. The Kier molecular flexibility index (Phi) is 5.04. The molecule has 0 fully saturated rings. The lowest BCUT2D eigenvalue weighted by Crippen LogP contribution is -2.38. The fraction of sp³-hybridized carbons (Fsp3) is 0.375. The molecule has 6 nitrogen and oxygen atoms in total. The summed E-state index contributed by atoms with van der Waals surface area (Å²) >= 11 is 0. The van der Waals surface area contributed by atoms with Gasteiger partial charge in [0.2, 0.25) is 5.91 Å². The third-order valence-corrected chi connectivity index (χ3v) is 3.40. The maximum Gasteiger partial charge on any atom is 0.319 e. The first kappa shape index (κ1) is 15.9. The van der Waals surface area contributed by atoms with Gasteiger partial charge in [0, 0.05) is 32.5 Å². The van der Waals surface area contributed by atoms with E-state index < -0.39 is 0 Å². The number of aromatic nitrogens is 1. The second-order valence-electron chi connectivity index (χ2n) is 5.38. The Balaban J connectivity index is 2.03. The minimum atomic E-state index is -0.386. The Bertz CT molecular complexity index is 676. The number of nitrogens with zero attached hydrogens (tertiary/aromatic N) is 2. The zero-order valence-corrected chi connectivity index (χ0v) is 13.2. The molecule has 0 radical (unpaired) electrons. The molecule has 1 aromatic heterocycles. The monoisotopic (exact) mass is 302 g/mol. The standard InChI is InChI=1S/C16H22N4O2/c1-4-8-20-9-7-12-5-6-13(10-14(12)20)18-16(22)17-11-15(21)19(2)3/h5-7,9-10H,4,8,11H2,1-3H3,(H2,17,18,22). The van der Waals surface area contributed by atoms with Crippen molar-refractivity contribution in [3.8, 4) is 0 Å². The maximum atomic E-state index is 11.8. The van der Waals surface area contributed by atoms with Gasteiger partial charge in [-0.1, -0.05) is 13.0 Å². The summed E-state index contributed by atoms with van der Waals surface area (Å²) < 4.78 is 2.16. The maximum absolute atomic E-state index is 11.8. The predicted octanol–water partition coefficient (Wildman–Crippen LogP) is 2.26. The number of aryl methyl sites for hydroxylation is 1. The predicted molar refractivity (Wildman–Crippen MR) is 87.9 cm³/mol. The zero-order chi connectivity index (χ0) is 16.1. The molecule has 0 atom stereocenters. The zero-order valence-electron chi connectivity index (χ0n) is 13.2. The van der Waals surface area contributed by atoms with E-state index >= 15 is 0 Å². The molecular formula is C16H22N4O2. The fourth-order valence-corrected chi connectivity index (χ4v) is 2.19. The Morgan fingerprint density at radius 3 is 2.68 bits per heavy atom. The van der Waals surface area contributed by atoms with Gasteiger partial charge in [-0.15, -0.1) is 0 Å². The number of carbonyl (C=O) groups excluding carboxylic acids is 2. The molecule has 1 aromatic carbocycles. The van der Waals surface area contributed by atoms with Crippen LogP contribution in [0.15, 0.2) is 30.5 Å². The molecule has 6 heteroatoms. The van der Waals surface area contributed by atoms with Crippen LogP contribution in [0.4, 0.5) is 10.5 Å². The molecule has 0 spiro atoms. The van der Waals surface area contributed by atoms with Crippen LogP contribution in [0, 0.1) is 0 Å². The van der Waals surface area contributed by atoms with Crippen molar-refractivity contribution in [1.82, 2.24) is 14.8 Å². The van der Waals surface area contributed by atoms with Crippen molar-refractivity contribution in [3.05, 3.63) is 30.5 Å². The van der Waals surface area contributed by atoms with E-state index in [4.69, 9.17) is 0 Å². The molecule has 118 valence electrons. The SMILES string of the molecule is CCCn1ccc2ccc(NC(=O)NCC(=O)N(C)C)cc21. The van der Waals surface area contributed by atoms with Crippen molar-refractivity contribution in [1.29, 1.82) is 0 Å². The Morgan fingerprint density at radius 2 is 2.00 bits per heavy atom. The summed E-state index contributed by atoms with van der Waals surface area (Å²) in [6, 6.07) is 7.44. The van der Waals surface area contributed by atoms with Crippen molar-refractivity contribution < 1.29 is 9.59 Å². The number of anilines is 1. The second-order valence-corrected chi connectivity index (χ2v) is 5.38. The summed E-state index contributed by atoms with van der Waals surface area (Å²) in [5, 5.41) is 6.44. The van der Waals surface area contributed by atoms with Gasteiger partial charge in [-0.25, -0.2) is 4.79 Å². The lowest BCUT2D eigenvalue weighted by molar-refractivity contribution is -0.127. The average molecular weight is 302 g/mol. The van der Waals surface area contributed by atoms with Crippen molar-refractivity contribution in [2.24, 2.45) is 0 Å². The van der Waals surface area contributed by atoms with Crippen LogP contribution in [0.1, 0.15) is 13.3 Å². The van der Waals surface area contributed by atoms with Crippen LogP contribution in [-0.2, 0) is 11.3 Å².